The van der Waals surface area contributed by atoms with Crippen LogP contribution in [0.2, 0.25) is 0 Å². The lowest BCUT2D eigenvalue weighted by molar-refractivity contribution is -0.143. The van der Waals surface area contributed by atoms with Gasteiger partial charge in [-0.05, 0) is 73.8 Å². The zero-order valence-corrected chi connectivity index (χ0v) is 18.4. The molecular formula is C27H30N2O3. The van der Waals surface area contributed by atoms with Crippen LogP contribution in [-0.4, -0.2) is 34.0 Å². The normalized spacial score (nSPS) is 19.6. The first-order valence-electron chi connectivity index (χ1n) is 11.7. The highest BCUT2D eigenvalue weighted by Crippen LogP contribution is 2.34. The number of likely N-dealkylation sites (tertiary alicyclic amines) is 1. The van der Waals surface area contributed by atoms with Gasteiger partial charge in [-0.1, -0.05) is 36.4 Å². The van der Waals surface area contributed by atoms with Crippen molar-refractivity contribution in [1.82, 2.24) is 9.88 Å². The van der Waals surface area contributed by atoms with E-state index in [0.29, 0.717) is 6.54 Å². The van der Waals surface area contributed by atoms with Gasteiger partial charge in [-0.15, -0.1) is 0 Å². The van der Waals surface area contributed by atoms with Crippen molar-refractivity contribution in [3.05, 3.63) is 88.6 Å². The van der Waals surface area contributed by atoms with E-state index in [-0.39, 0.29) is 5.92 Å². The van der Waals surface area contributed by atoms with Crippen LogP contribution in [0.4, 0.5) is 0 Å². The number of benzene rings is 1. The van der Waals surface area contributed by atoms with Crippen LogP contribution in [0, 0.1) is 0 Å². The summed E-state index contributed by atoms with van der Waals surface area (Å²) in [5.41, 5.74) is 5.90. The molecule has 3 aromatic rings. The summed E-state index contributed by atoms with van der Waals surface area (Å²) in [5, 5.41) is 9.83. The van der Waals surface area contributed by atoms with Gasteiger partial charge in [0.1, 0.15) is 11.8 Å². The van der Waals surface area contributed by atoms with Gasteiger partial charge in [0.15, 0.2) is 0 Å². The topological polar surface area (TPSA) is 66.6 Å². The second-order valence-electron chi connectivity index (χ2n) is 9.10. The molecule has 1 fully saturated rings. The minimum atomic E-state index is -0.797. The predicted molar refractivity (Wildman–Crippen MR) is 123 cm³/mol. The van der Waals surface area contributed by atoms with Crippen molar-refractivity contribution in [2.24, 2.45) is 0 Å². The molecule has 1 unspecified atom stereocenters. The van der Waals surface area contributed by atoms with Crippen LogP contribution in [0.5, 0.6) is 0 Å². The molecule has 32 heavy (non-hydrogen) atoms. The molecule has 1 aromatic carbocycles. The van der Waals surface area contributed by atoms with Gasteiger partial charge in [0.2, 0.25) is 0 Å². The lowest BCUT2D eigenvalue weighted by Gasteiger charge is -2.24. The number of pyridine rings is 1. The molecule has 1 N–H and O–H groups in total. The molecule has 5 heteroatoms. The highest BCUT2D eigenvalue weighted by atomic mass is 16.4. The number of furan rings is 1. The zero-order valence-electron chi connectivity index (χ0n) is 18.4. The number of hydrogen-bond donors (Lipinski definition) is 1. The molecule has 0 amide bonds. The number of fused-ring (bicyclic) bond motifs is 1. The summed E-state index contributed by atoms with van der Waals surface area (Å²) in [7, 11) is 0. The standard InChI is InChI=1S/C27H30N2O3/c30-27(31)26(21-7-2-1-3-8-21)29-15-14-22(17-29)25-16-19(18-32-25)10-12-23-13-11-20-6-4-5-9-24(20)28-23/h1-3,7-8,11,13,16,18,22,26H,4-6,9-10,12,14-15,17H2,(H,30,31)/t22-,26?/m1/s1. The molecule has 2 aromatic heterocycles. The number of carboxylic acids is 1. The fraction of sp³-hybridized carbons (Fsp3) is 0.407. The van der Waals surface area contributed by atoms with Gasteiger partial charge in [-0.25, -0.2) is 0 Å². The van der Waals surface area contributed by atoms with E-state index in [9.17, 15) is 9.90 Å². The Kier molecular flexibility index (Phi) is 6.08. The van der Waals surface area contributed by atoms with Gasteiger partial charge in [-0.3, -0.25) is 14.7 Å². The van der Waals surface area contributed by atoms with Gasteiger partial charge in [0, 0.05) is 30.4 Å². The second kappa shape index (κ2) is 9.29. The third-order valence-corrected chi connectivity index (χ3v) is 6.92. The van der Waals surface area contributed by atoms with Crippen LogP contribution in [0.15, 0.2) is 59.2 Å². The van der Waals surface area contributed by atoms with Gasteiger partial charge in [0.25, 0.3) is 0 Å². The average Bonchev–Trinajstić information content (AvgIpc) is 3.48. The minimum absolute atomic E-state index is 0.233. The Morgan fingerprint density at radius 3 is 2.81 bits per heavy atom. The Morgan fingerprint density at radius 2 is 1.97 bits per heavy atom. The molecule has 2 atom stereocenters. The van der Waals surface area contributed by atoms with Crippen molar-refractivity contribution in [2.75, 3.05) is 13.1 Å². The van der Waals surface area contributed by atoms with Crippen molar-refractivity contribution in [3.8, 4) is 0 Å². The summed E-state index contributed by atoms with van der Waals surface area (Å²) >= 11 is 0. The number of carbonyl (C=O) groups is 1. The highest BCUT2D eigenvalue weighted by molar-refractivity contribution is 5.75. The van der Waals surface area contributed by atoms with Crippen LogP contribution in [0.1, 0.15) is 65.1 Å². The number of aryl methyl sites for hydroxylation is 4. The first-order valence-corrected chi connectivity index (χ1v) is 11.7. The van der Waals surface area contributed by atoms with Gasteiger partial charge >= 0.3 is 5.97 Å². The third-order valence-electron chi connectivity index (χ3n) is 6.92. The molecule has 5 nitrogen and oxygen atoms in total. The van der Waals surface area contributed by atoms with Gasteiger partial charge in [-0.2, -0.15) is 0 Å². The quantitative estimate of drug-likeness (QED) is 0.574. The maximum atomic E-state index is 12.0. The summed E-state index contributed by atoms with van der Waals surface area (Å²) < 4.78 is 5.93. The number of nitrogens with zero attached hydrogens (tertiary/aromatic N) is 2. The molecule has 166 valence electrons. The van der Waals surface area contributed by atoms with E-state index in [4.69, 9.17) is 9.40 Å². The summed E-state index contributed by atoms with van der Waals surface area (Å²) in [6.45, 7) is 1.46. The van der Waals surface area contributed by atoms with Gasteiger partial charge in [0.05, 0.1) is 6.26 Å². The average molecular weight is 431 g/mol. The third kappa shape index (κ3) is 4.49. The number of aliphatic carboxylic acids is 1. The fourth-order valence-corrected chi connectivity index (χ4v) is 5.18. The maximum Gasteiger partial charge on any atom is 0.325 e. The lowest BCUT2D eigenvalue weighted by Crippen LogP contribution is -2.32. The zero-order chi connectivity index (χ0) is 21.9. The molecule has 0 spiro atoms. The number of hydrogen-bond acceptors (Lipinski definition) is 4. The summed E-state index contributed by atoms with van der Waals surface area (Å²) in [4.78, 5) is 18.9. The Labute approximate surface area is 189 Å². The van der Waals surface area contributed by atoms with Crippen molar-refractivity contribution < 1.29 is 14.3 Å². The largest absolute Gasteiger partial charge is 0.480 e. The Hall–Kier alpha value is -2.92. The molecule has 0 saturated carbocycles. The van der Waals surface area contributed by atoms with Crippen molar-refractivity contribution in [2.45, 2.75) is 56.9 Å². The van der Waals surface area contributed by atoms with Crippen LogP contribution in [0.25, 0.3) is 0 Å². The smallest absolute Gasteiger partial charge is 0.325 e. The van der Waals surface area contributed by atoms with E-state index in [1.54, 1.807) is 0 Å². The van der Waals surface area contributed by atoms with Crippen molar-refractivity contribution in [1.29, 1.82) is 0 Å². The van der Waals surface area contributed by atoms with E-state index < -0.39 is 12.0 Å². The molecular weight excluding hydrogens is 400 g/mol. The Bertz CT molecular complexity index is 1080. The monoisotopic (exact) mass is 430 g/mol. The Balaban J connectivity index is 1.21. The van der Waals surface area contributed by atoms with E-state index >= 15 is 0 Å². The molecule has 1 aliphatic heterocycles. The highest BCUT2D eigenvalue weighted by Gasteiger charge is 2.35. The van der Waals surface area contributed by atoms with Crippen LogP contribution < -0.4 is 0 Å². The fourth-order valence-electron chi connectivity index (χ4n) is 5.18. The molecule has 3 heterocycles. The van der Waals surface area contributed by atoms with E-state index in [2.05, 4.69) is 23.1 Å². The van der Waals surface area contributed by atoms with Gasteiger partial charge < -0.3 is 9.52 Å². The molecule has 0 radical (unpaired) electrons. The number of carboxylic acid groups (broad SMARTS) is 1. The molecule has 5 rings (SSSR count). The van der Waals surface area contributed by atoms with Crippen LogP contribution >= 0.6 is 0 Å². The van der Waals surface area contributed by atoms with E-state index in [1.165, 1.54) is 36.1 Å². The van der Waals surface area contributed by atoms with E-state index in [1.807, 2.05) is 36.6 Å². The van der Waals surface area contributed by atoms with Crippen molar-refractivity contribution >= 4 is 5.97 Å². The van der Waals surface area contributed by atoms with E-state index in [0.717, 1.165) is 49.2 Å². The predicted octanol–water partition coefficient (Wildman–Crippen LogP) is 4.95. The minimum Gasteiger partial charge on any atom is -0.480 e. The second-order valence-corrected chi connectivity index (χ2v) is 9.10. The molecule has 2 aliphatic rings. The molecule has 0 bridgehead atoms. The van der Waals surface area contributed by atoms with Crippen molar-refractivity contribution in [3.63, 3.8) is 0 Å². The first-order chi connectivity index (χ1) is 15.7. The van der Waals surface area contributed by atoms with Crippen LogP contribution in [-0.2, 0) is 30.5 Å². The SMILES string of the molecule is O=C(O)C(c1ccccc1)N1CC[C@@H](c2cc(CCc3ccc4c(n3)CCCC4)co2)C1. The first kappa shape index (κ1) is 21.0. The number of rotatable bonds is 7. The lowest BCUT2D eigenvalue weighted by atomic mass is 9.95. The number of aromatic nitrogens is 1. The summed E-state index contributed by atoms with van der Waals surface area (Å²) in [5.74, 6) is 0.406. The molecule has 1 aliphatic carbocycles. The molecule has 1 saturated heterocycles. The summed E-state index contributed by atoms with van der Waals surface area (Å²) in [6, 6.07) is 15.5. The Morgan fingerprint density at radius 1 is 1.12 bits per heavy atom. The summed E-state index contributed by atoms with van der Waals surface area (Å²) in [6.07, 6.45) is 9.41. The van der Waals surface area contributed by atoms with Crippen LogP contribution in [0.3, 0.4) is 0 Å². The maximum absolute atomic E-state index is 12.0.